The molecule has 0 spiro atoms. The van der Waals surface area contributed by atoms with Crippen molar-refractivity contribution in [1.29, 1.82) is 0 Å². The van der Waals surface area contributed by atoms with Crippen molar-refractivity contribution in [2.24, 2.45) is 0 Å². The van der Waals surface area contributed by atoms with Gasteiger partial charge in [-0.15, -0.1) is 0 Å². The van der Waals surface area contributed by atoms with Crippen molar-refractivity contribution in [1.82, 2.24) is 10.2 Å². The van der Waals surface area contributed by atoms with Crippen LogP contribution >= 0.6 is 0 Å². The maximum absolute atomic E-state index is 3.83. The molecule has 118 valence electrons. The summed E-state index contributed by atoms with van der Waals surface area (Å²) in [6.07, 6.45) is 4.92. The molecule has 2 rings (SSSR count). The third-order valence-corrected chi connectivity index (χ3v) is 4.67. The van der Waals surface area contributed by atoms with Crippen molar-refractivity contribution in [3.8, 4) is 0 Å². The first-order valence-electron chi connectivity index (χ1n) is 8.75. The third-order valence-electron chi connectivity index (χ3n) is 4.67. The highest BCUT2D eigenvalue weighted by atomic mass is 15.2. The molecule has 1 aromatic rings. The van der Waals surface area contributed by atoms with E-state index >= 15 is 0 Å². The monoisotopic (exact) mass is 288 g/mol. The molecule has 2 unspecified atom stereocenters. The normalized spacial score (nSPS) is 21.8. The van der Waals surface area contributed by atoms with Crippen molar-refractivity contribution in [2.75, 3.05) is 13.1 Å². The van der Waals surface area contributed by atoms with E-state index in [1.807, 2.05) is 0 Å². The zero-order chi connectivity index (χ0) is 15.2. The van der Waals surface area contributed by atoms with Gasteiger partial charge in [0.1, 0.15) is 0 Å². The van der Waals surface area contributed by atoms with Crippen molar-refractivity contribution in [2.45, 2.75) is 71.5 Å². The van der Waals surface area contributed by atoms with E-state index in [9.17, 15) is 0 Å². The molecule has 0 amide bonds. The molecule has 1 aliphatic rings. The molecule has 1 N–H and O–H groups in total. The molecule has 2 nitrogen and oxygen atoms in total. The minimum Gasteiger partial charge on any atom is -0.309 e. The van der Waals surface area contributed by atoms with Crippen LogP contribution in [0.25, 0.3) is 0 Å². The summed E-state index contributed by atoms with van der Waals surface area (Å²) < 4.78 is 0. The van der Waals surface area contributed by atoms with E-state index in [0.29, 0.717) is 18.1 Å². The fraction of sp³-hybridized carbons (Fsp3) is 0.684. The molecule has 1 aromatic carbocycles. The highest BCUT2D eigenvalue weighted by Gasteiger charge is 2.33. The molecule has 0 aliphatic heterocycles. The molecule has 0 aromatic heterocycles. The Labute approximate surface area is 130 Å². The molecule has 2 atom stereocenters. The zero-order valence-corrected chi connectivity index (χ0v) is 14.2. The molecular formula is C19H32N2. The fourth-order valence-corrected chi connectivity index (χ4v) is 3.71. The lowest BCUT2D eigenvalue weighted by Crippen LogP contribution is -2.50. The summed E-state index contributed by atoms with van der Waals surface area (Å²) in [6.45, 7) is 11.5. The predicted molar refractivity (Wildman–Crippen MR) is 91.7 cm³/mol. The van der Waals surface area contributed by atoms with Crippen molar-refractivity contribution < 1.29 is 0 Å². The van der Waals surface area contributed by atoms with Crippen LogP contribution in [0, 0.1) is 0 Å². The first kappa shape index (κ1) is 16.5. The van der Waals surface area contributed by atoms with Crippen LogP contribution in [-0.2, 0) is 6.42 Å². The lowest BCUT2D eigenvalue weighted by Gasteiger charge is -2.43. The van der Waals surface area contributed by atoms with E-state index in [0.717, 1.165) is 6.54 Å². The van der Waals surface area contributed by atoms with E-state index in [1.165, 1.54) is 37.8 Å². The average Bonchev–Trinajstić information content (AvgIpc) is 2.50. The molecule has 0 saturated carbocycles. The van der Waals surface area contributed by atoms with Gasteiger partial charge in [0.2, 0.25) is 0 Å². The Morgan fingerprint density at radius 1 is 1.19 bits per heavy atom. The number of aryl methyl sites for hydroxylation is 1. The minimum absolute atomic E-state index is 0.490. The summed E-state index contributed by atoms with van der Waals surface area (Å²) >= 11 is 0. The van der Waals surface area contributed by atoms with Crippen molar-refractivity contribution in [3.05, 3.63) is 35.4 Å². The summed E-state index contributed by atoms with van der Waals surface area (Å²) in [5.74, 6) is 0. The van der Waals surface area contributed by atoms with E-state index in [-0.39, 0.29) is 0 Å². The van der Waals surface area contributed by atoms with Crippen molar-refractivity contribution in [3.63, 3.8) is 0 Å². The number of hydrogen-bond donors (Lipinski definition) is 1. The highest BCUT2D eigenvalue weighted by Crippen LogP contribution is 2.34. The largest absolute Gasteiger partial charge is 0.309 e. The Kier molecular flexibility index (Phi) is 6.25. The smallest absolute Gasteiger partial charge is 0.0481 e. The second-order valence-electron chi connectivity index (χ2n) is 6.57. The summed E-state index contributed by atoms with van der Waals surface area (Å²) in [7, 11) is 0. The standard InChI is InChI=1S/C19H32N2/c1-5-13-20-19-17-10-8-7-9-16(17)11-12-18(19)21(14-6-2)15(3)4/h7-10,15,18-20H,5-6,11-14H2,1-4H3. The van der Waals surface area contributed by atoms with E-state index in [2.05, 4.69) is 62.2 Å². The molecular weight excluding hydrogens is 256 g/mol. The predicted octanol–water partition coefficient (Wildman–Crippen LogP) is 4.16. The summed E-state index contributed by atoms with van der Waals surface area (Å²) in [5.41, 5.74) is 3.08. The Morgan fingerprint density at radius 3 is 2.62 bits per heavy atom. The minimum atomic E-state index is 0.490. The Hall–Kier alpha value is -0.860. The average molecular weight is 288 g/mol. The molecule has 0 heterocycles. The fourth-order valence-electron chi connectivity index (χ4n) is 3.71. The quantitative estimate of drug-likeness (QED) is 0.810. The SMILES string of the molecule is CCCNC1c2ccccc2CCC1N(CCC)C(C)C. The first-order valence-corrected chi connectivity index (χ1v) is 8.75. The molecule has 1 aliphatic carbocycles. The topological polar surface area (TPSA) is 15.3 Å². The molecule has 0 bridgehead atoms. The number of nitrogens with zero attached hydrogens (tertiary/aromatic N) is 1. The lowest BCUT2D eigenvalue weighted by atomic mass is 9.82. The molecule has 21 heavy (non-hydrogen) atoms. The van der Waals surface area contributed by atoms with Crippen LogP contribution < -0.4 is 5.32 Å². The first-order chi connectivity index (χ1) is 10.2. The van der Waals surface area contributed by atoms with Gasteiger partial charge < -0.3 is 5.32 Å². The van der Waals surface area contributed by atoms with Crippen LogP contribution in [0.4, 0.5) is 0 Å². The summed E-state index contributed by atoms with van der Waals surface area (Å²) in [5, 5.41) is 3.83. The van der Waals surface area contributed by atoms with Crippen LogP contribution in [0.1, 0.15) is 64.1 Å². The van der Waals surface area contributed by atoms with Gasteiger partial charge in [0.25, 0.3) is 0 Å². The van der Waals surface area contributed by atoms with Crippen LogP contribution in [0.5, 0.6) is 0 Å². The van der Waals surface area contributed by atoms with Gasteiger partial charge in [-0.25, -0.2) is 0 Å². The third kappa shape index (κ3) is 3.87. The van der Waals surface area contributed by atoms with E-state index in [4.69, 9.17) is 0 Å². The number of fused-ring (bicyclic) bond motifs is 1. The molecule has 0 saturated heterocycles. The summed E-state index contributed by atoms with van der Waals surface area (Å²) in [4.78, 5) is 2.71. The maximum atomic E-state index is 3.83. The van der Waals surface area contributed by atoms with Gasteiger partial charge in [0.15, 0.2) is 0 Å². The van der Waals surface area contributed by atoms with Gasteiger partial charge in [-0.1, -0.05) is 38.1 Å². The van der Waals surface area contributed by atoms with Crippen LogP contribution in [-0.4, -0.2) is 30.1 Å². The Morgan fingerprint density at radius 2 is 1.95 bits per heavy atom. The van der Waals surface area contributed by atoms with Gasteiger partial charge in [-0.3, -0.25) is 4.90 Å². The molecule has 0 fully saturated rings. The van der Waals surface area contributed by atoms with Crippen molar-refractivity contribution >= 4 is 0 Å². The zero-order valence-electron chi connectivity index (χ0n) is 14.2. The Bertz CT molecular complexity index is 427. The van der Waals surface area contributed by atoms with Gasteiger partial charge in [0.05, 0.1) is 0 Å². The number of nitrogens with one attached hydrogen (secondary N) is 1. The highest BCUT2D eigenvalue weighted by molar-refractivity contribution is 5.34. The second kappa shape index (κ2) is 7.95. The van der Waals surface area contributed by atoms with Gasteiger partial charge in [-0.05, 0) is 63.7 Å². The number of hydrogen-bond acceptors (Lipinski definition) is 2. The van der Waals surface area contributed by atoms with Crippen LogP contribution in [0.2, 0.25) is 0 Å². The molecule has 2 heteroatoms. The number of benzene rings is 1. The van der Waals surface area contributed by atoms with Crippen LogP contribution in [0.3, 0.4) is 0 Å². The van der Waals surface area contributed by atoms with E-state index < -0.39 is 0 Å². The lowest BCUT2D eigenvalue weighted by molar-refractivity contribution is 0.107. The van der Waals surface area contributed by atoms with Crippen LogP contribution in [0.15, 0.2) is 24.3 Å². The van der Waals surface area contributed by atoms with Gasteiger partial charge >= 0.3 is 0 Å². The Balaban J connectivity index is 2.27. The number of rotatable bonds is 7. The summed E-state index contributed by atoms with van der Waals surface area (Å²) in [6, 6.07) is 10.8. The second-order valence-corrected chi connectivity index (χ2v) is 6.57. The maximum Gasteiger partial charge on any atom is 0.0481 e. The molecule has 0 radical (unpaired) electrons. The van der Waals surface area contributed by atoms with Gasteiger partial charge in [-0.2, -0.15) is 0 Å². The van der Waals surface area contributed by atoms with Gasteiger partial charge in [0, 0.05) is 18.1 Å². The van der Waals surface area contributed by atoms with E-state index in [1.54, 1.807) is 5.56 Å².